The first-order valence-electron chi connectivity index (χ1n) is 4.10. The van der Waals surface area contributed by atoms with Crippen LogP contribution in [0, 0.1) is 6.07 Å². The molecule has 0 N–H and O–H groups in total. The van der Waals surface area contributed by atoms with Crippen LogP contribution in [0.15, 0.2) is 24.3 Å². The highest BCUT2D eigenvalue weighted by Crippen LogP contribution is 2.38. The molecule has 1 aromatic rings. The van der Waals surface area contributed by atoms with E-state index in [9.17, 15) is 0 Å². The molecule has 71 valence electrons. The molecule has 0 saturated carbocycles. The van der Waals surface area contributed by atoms with Crippen LogP contribution in [-0.4, -0.2) is 2.14 Å². The van der Waals surface area contributed by atoms with Gasteiger partial charge in [0.1, 0.15) is 2.14 Å². The largest absolute Gasteiger partial charge is 0.135 e. The molecule has 3 heteroatoms. The fourth-order valence-electron chi connectivity index (χ4n) is 1.08. The number of benzene rings is 1. The molecule has 13 heavy (non-hydrogen) atoms. The molecule has 0 spiro atoms. The standard InChI is InChI=1S/C10H10Br3/c11-10(12,13)8-4-7-9-5-2-1-3-6-9/h2-3,5-6H,4,7-8H2. The number of halogens is 3. The molecule has 0 aromatic heterocycles. The van der Waals surface area contributed by atoms with Crippen molar-refractivity contribution in [3.63, 3.8) is 0 Å². The molecule has 1 aromatic carbocycles. The number of aryl methyl sites for hydroxylation is 1. The molecule has 0 aliphatic rings. The van der Waals surface area contributed by atoms with Gasteiger partial charge in [-0.15, -0.1) is 0 Å². The lowest BCUT2D eigenvalue weighted by Crippen LogP contribution is -1.99. The van der Waals surface area contributed by atoms with Gasteiger partial charge in [-0.05, 0) is 30.9 Å². The van der Waals surface area contributed by atoms with Crippen LogP contribution in [-0.2, 0) is 6.42 Å². The fraction of sp³-hybridized carbons (Fsp3) is 0.400. The Morgan fingerprint density at radius 1 is 1.15 bits per heavy atom. The maximum Gasteiger partial charge on any atom is 0.135 e. The van der Waals surface area contributed by atoms with Crippen LogP contribution in [0.4, 0.5) is 0 Å². The van der Waals surface area contributed by atoms with Crippen LogP contribution < -0.4 is 0 Å². The van der Waals surface area contributed by atoms with Crippen LogP contribution in [0.3, 0.4) is 0 Å². The van der Waals surface area contributed by atoms with E-state index in [0.29, 0.717) is 0 Å². The second kappa shape index (κ2) is 5.52. The predicted octanol–water partition coefficient (Wildman–Crippen LogP) is 4.65. The summed E-state index contributed by atoms with van der Waals surface area (Å²) < 4.78 is -0.0894. The van der Waals surface area contributed by atoms with Gasteiger partial charge < -0.3 is 0 Å². The van der Waals surface area contributed by atoms with Gasteiger partial charge in [0, 0.05) is 0 Å². The van der Waals surface area contributed by atoms with Gasteiger partial charge in [-0.3, -0.25) is 0 Å². The van der Waals surface area contributed by atoms with Crippen molar-refractivity contribution in [2.45, 2.75) is 21.4 Å². The SMILES string of the molecule is BrC(Br)(Br)CCCc1cc[c]cc1. The summed E-state index contributed by atoms with van der Waals surface area (Å²) in [6.45, 7) is 0. The molecule has 0 aliphatic heterocycles. The normalized spacial score (nSPS) is 11.6. The quantitative estimate of drug-likeness (QED) is 0.680. The molecular formula is C10H10Br3. The Morgan fingerprint density at radius 3 is 2.31 bits per heavy atom. The van der Waals surface area contributed by atoms with Crippen molar-refractivity contribution in [3.05, 3.63) is 35.9 Å². The van der Waals surface area contributed by atoms with Crippen LogP contribution in [0.2, 0.25) is 0 Å². The minimum atomic E-state index is -0.0894. The van der Waals surface area contributed by atoms with Crippen molar-refractivity contribution in [3.8, 4) is 0 Å². The highest BCUT2D eigenvalue weighted by molar-refractivity contribution is 9.39. The van der Waals surface area contributed by atoms with Crippen LogP contribution >= 0.6 is 47.8 Å². The highest BCUT2D eigenvalue weighted by atomic mass is 80.0. The van der Waals surface area contributed by atoms with E-state index in [2.05, 4.69) is 66.0 Å². The summed E-state index contributed by atoms with van der Waals surface area (Å²) in [4.78, 5) is 0. The van der Waals surface area contributed by atoms with Crippen LogP contribution in [0.5, 0.6) is 0 Å². The van der Waals surface area contributed by atoms with E-state index in [1.165, 1.54) is 5.56 Å². The Labute approximate surface area is 104 Å². The molecule has 0 unspecified atom stereocenters. The predicted molar refractivity (Wildman–Crippen MR) is 67.7 cm³/mol. The minimum Gasteiger partial charge on any atom is -0.0599 e. The third kappa shape index (κ3) is 5.87. The summed E-state index contributed by atoms with van der Waals surface area (Å²) in [6, 6.07) is 11.1. The maximum absolute atomic E-state index is 3.48. The summed E-state index contributed by atoms with van der Waals surface area (Å²) in [5, 5.41) is 0. The van der Waals surface area contributed by atoms with Crippen molar-refractivity contribution < 1.29 is 0 Å². The fourth-order valence-corrected chi connectivity index (χ4v) is 1.92. The second-order valence-electron chi connectivity index (χ2n) is 2.88. The number of alkyl halides is 3. The number of hydrogen-bond donors (Lipinski definition) is 0. The van der Waals surface area contributed by atoms with E-state index in [4.69, 9.17) is 0 Å². The van der Waals surface area contributed by atoms with Gasteiger partial charge in [-0.1, -0.05) is 72.1 Å². The van der Waals surface area contributed by atoms with Crippen molar-refractivity contribution in [2.24, 2.45) is 0 Å². The Kier molecular flexibility index (Phi) is 4.98. The molecule has 0 fully saturated rings. The van der Waals surface area contributed by atoms with Gasteiger partial charge in [0.15, 0.2) is 0 Å². The van der Waals surface area contributed by atoms with Crippen LogP contribution in [0.1, 0.15) is 18.4 Å². The van der Waals surface area contributed by atoms with E-state index >= 15 is 0 Å². The molecular weight excluding hydrogens is 360 g/mol. The van der Waals surface area contributed by atoms with Crippen molar-refractivity contribution in [1.82, 2.24) is 0 Å². The van der Waals surface area contributed by atoms with Gasteiger partial charge in [0.2, 0.25) is 0 Å². The molecule has 1 radical (unpaired) electrons. The van der Waals surface area contributed by atoms with Gasteiger partial charge in [0.05, 0.1) is 0 Å². The average molecular weight is 370 g/mol. The summed E-state index contributed by atoms with van der Waals surface area (Å²) in [5.74, 6) is 0. The molecule has 0 nitrogen and oxygen atoms in total. The molecule has 0 amide bonds. The molecule has 0 saturated heterocycles. The van der Waals surface area contributed by atoms with E-state index in [-0.39, 0.29) is 2.14 Å². The topological polar surface area (TPSA) is 0 Å². The van der Waals surface area contributed by atoms with Crippen molar-refractivity contribution in [1.29, 1.82) is 0 Å². The van der Waals surface area contributed by atoms with E-state index < -0.39 is 0 Å². The lowest BCUT2D eigenvalue weighted by molar-refractivity contribution is 0.781. The van der Waals surface area contributed by atoms with Gasteiger partial charge >= 0.3 is 0 Å². The average Bonchev–Trinajstić information content (AvgIpc) is 2.04. The second-order valence-corrected chi connectivity index (χ2v) is 10.1. The number of rotatable bonds is 3. The zero-order valence-corrected chi connectivity index (χ0v) is 11.8. The van der Waals surface area contributed by atoms with Gasteiger partial charge in [0.25, 0.3) is 0 Å². The summed E-state index contributed by atoms with van der Waals surface area (Å²) in [6.07, 6.45) is 3.30. The monoisotopic (exact) mass is 367 g/mol. The summed E-state index contributed by atoms with van der Waals surface area (Å²) >= 11 is 10.4. The minimum absolute atomic E-state index is 0.0894. The molecule has 0 bridgehead atoms. The van der Waals surface area contributed by atoms with Crippen molar-refractivity contribution in [2.75, 3.05) is 0 Å². The number of hydrogen-bond acceptors (Lipinski definition) is 0. The zero-order chi connectivity index (χ0) is 9.73. The third-order valence-electron chi connectivity index (χ3n) is 1.71. The third-order valence-corrected chi connectivity index (χ3v) is 2.90. The smallest absolute Gasteiger partial charge is 0.0599 e. The highest BCUT2D eigenvalue weighted by Gasteiger charge is 2.16. The van der Waals surface area contributed by atoms with E-state index in [0.717, 1.165) is 19.3 Å². The Morgan fingerprint density at radius 2 is 1.77 bits per heavy atom. The van der Waals surface area contributed by atoms with Gasteiger partial charge in [-0.25, -0.2) is 0 Å². The molecule has 0 atom stereocenters. The molecule has 0 aliphatic carbocycles. The van der Waals surface area contributed by atoms with Gasteiger partial charge in [-0.2, -0.15) is 0 Å². The molecule has 0 heterocycles. The lowest BCUT2D eigenvalue weighted by Gasteiger charge is -2.10. The van der Waals surface area contributed by atoms with E-state index in [1.807, 2.05) is 12.1 Å². The first-order valence-corrected chi connectivity index (χ1v) is 6.47. The first kappa shape index (κ1) is 11.7. The first-order chi connectivity index (χ1) is 6.08. The Balaban J connectivity index is 2.29. The van der Waals surface area contributed by atoms with Crippen LogP contribution in [0.25, 0.3) is 0 Å². The summed E-state index contributed by atoms with van der Waals surface area (Å²) in [5.41, 5.74) is 1.37. The lowest BCUT2D eigenvalue weighted by atomic mass is 10.1. The van der Waals surface area contributed by atoms with Crippen molar-refractivity contribution >= 4 is 47.8 Å². The Hall–Kier alpha value is 0.660. The maximum atomic E-state index is 3.48. The van der Waals surface area contributed by atoms with E-state index in [1.54, 1.807) is 0 Å². The molecule has 1 rings (SSSR count). The zero-order valence-electron chi connectivity index (χ0n) is 7.06. The Bertz CT molecular complexity index is 238. The summed E-state index contributed by atoms with van der Waals surface area (Å²) in [7, 11) is 0.